The maximum atomic E-state index is 12.9. The van der Waals surface area contributed by atoms with E-state index in [9.17, 15) is 8.42 Å². The number of hydrogen-bond acceptors (Lipinski definition) is 3. The van der Waals surface area contributed by atoms with Gasteiger partial charge in [0.25, 0.3) is 0 Å². The molecular weight excluding hydrogens is 310 g/mol. The Labute approximate surface area is 137 Å². The summed E-state index contributed by atoms with van der Waals surface area (Å²) >= 11 is 0. The molecule has 1 heterocycles. The van der Waals surface area contributed by atoms with Crippen molar-refractivity contribution < 1.29 is 12.8 Å². The largest absolute Gasteiger partial charge is 0.464 e. The van der Waals surface area contributed by atoms with Gasteiger partial charge in [-0.15, -0.1) is 0 Å². The van der Waals surface area contributed by atoms with Crippen LogP contribution in [-0.4, -0.2) is 18.8 Å². The first-order valence-corrected chi connectivity index (χ1v) is 9.65. The first-order valence-electron chi connectivity index (χ1n) is 8.21. The lowest BCUT2D eigenvalue weighted by Crippen LogP contribution is -2.32. The topological polar surface area (TPSA) is 50.5 Å². The molecule has 1 aromatic carbocycles. The summed E-state index contributed by atoms with van der Waals surface area (Å²) in [6.07, 6.45) is 3.03. The van der Waals surface area contributed by atoms with E-state index in [-0.39, 0.29) is 6.04 Å². The number of hydrogen-bond donors (Lipinski definition) is 0. The number of sulfonamides is 1. The zero-order valence-corrected chi connectivity index (χ0v) is 14.0. The van der Waals surface area contributed by atoms with Crippen LogP contribution in [-0.2, 0) is 16.6 Å². The van der Waals surface area contributed by atoms with Gasteiger partial charge in [0.1, 0.15) is 11.5 Å². The van der Waals surface area contributed by atoms with Crippen LogP contribution >= 0.6 is 0 Å². The minimum atomic E-state index is -3.47. The van der Waals surface area contributed by atoms with Gasteiger partial charge in [-0.3, -0.25) is 0 Å². The monoisotopic (exact) mass is 331 g/mol. The number of benzene rings is 1. The van der Waals surface area contributed by atoms with Crippen LogP contribution in [0.15, 0.2) is 51.8 Å². The van der Waals surface area contributed by atoms with Gasteiger partial charge in [0.2, 0.25) is 10.0 Å². The molecule has 0 radical (unpaired) electrons. The Morgan fingerprint density at radius 2 is 1.83 bits per heavy atom. The third-order valence-corrected chi connectivity index (χ3v) is 6.69. The van der Waals surface area contributed by atoms with Crippen LogP contribution in [0.5, 0.6) is 0 Å². The van der Waals surface area contributed by atoms with E-state index in [2.05, 4.69) is 6.92 Å². The lowest BCUT2D eigenvalue weighted by Gasteiger charge is -2.20. The Hall–Kier alpha value is -1.59. The van der Waals surface area contributed by atoms with Crippen LogP contribution in [0.1, 0.15) is 43.6 Å². The number of rotatable bonds is 6. The zero-order valence-electron chi connectivity index (χ0n) is 13.2. The Morgan fingerprint density at radius 1 is 1.13 bits per heavy atom. The van der Waals surface area contributed by atoms with E-state index in [0.29, 0.717) is 23.3 Å². The van der Waals surface area contributed by atoms with Crippen molar-refractivity contribution in [3.05, 3.63) is 54.0 Å². The summed E-state index contributed by atoms with van der Waals surface area (Å²) in [5.74, 6) is 2.94. The van der Waals surface area contributed by atoms with Crippen LogP contribution < -0.4 is 0 Å². The first-order chi connectivity index (χ1) is 11.1. The molecule has 0 aliphatic heterocycles. The smallest absolute Gasteiger partial charge is 0.243 e. The van der Waals surface area contributed by atoms with Gasteiger partial charge in [-0.25, -0.2) is 8.42 Å². The molecule has 2 fully saturated rings. The molecule has 0 unspecified atom stereocenters. The molecule has 0 N–H and O–H groups in total. The highest BCUT2D eigenvalue weighted by Gasteiger charge is 2.40. The molecule has 4 nitrogen and oxygen atoms in total. The molecule has 0 spiro atoms. The molecule has 1 aromatic heterocycles. The summed E-state index contributed by atoms with van der Waals surface area (Å²) in [7, 11) is -3.47. The molecule has 4 rings (SSSR count). The van der Waals surface area contributed by atoms with Crippen molar-refractivity contribution in [3.63, 3.8) is 0 Å². The van der Waals surface area contributed by atoms with Crippen molar-refractivity contribution in [1.82, 2.24) is 4.31 Å². The third kappa shape index (κ3) is 2.95. The van der Waals surface area contributed by atoms with E-state index < -0.39 is 10.0 Å². The maximum Gasteiger partial charge on any atom is 0.243 e. The average Bonchev–Trinajstić information content (AvgIpc) is 3.47. The normalized spacial score (nSPS) is 24.1. The lowest BCUT2D eigenvalue weighted by atomic mass is 10.3. The Morgan fingerprint density at radius 3 is 2.43 bits per heavy atom. The molecule has 0 bridgehead atoms. The molecule has 0 amide bonds. The summed E-state index contributed by atoms with van der Waals surface area (Å²) in [5.41, 5.74) is 0. The number of nitrogens with zero attached hydrogens (tertiary/aromatic N) is 1. The number of furan rings is 1. The minimum absolute atomic E-state index is 0.105. The summed E-state index contributed by atoms with van der Waals surface area (Å²) in [6, 6.07) is 12.7. The van der Waals surface area contributed by atoms with E-state index in [1.807, 2.05) is 18.2 Å². The van der Waals surface area contributed by atoms with E-state index >= 15 is 0 Å². The molecule has 122 valence electrons. The van der Waals surface area contributed by atoms with Gasteiger partial charge in [-0.1, -0.05) is 25.1 Å². The van der Waals surface area contributed by atoms with E-state index in [0.717, 1.165) is 24.4 Å². The fourth-order valence-electron chi connectivity index (χ4n) is 3.05. The quantitative estimate of drug-likeness (QED) is 0.810. The van der Waals surface area contributed by atoms with Crippen molar-refractivity contribution in [1.29, 1.82) is 0 Å². The van der Waals surface area contributed by atoms with Gasteiger partial charge >= 0.3 is 0 Å². The zero-order chi connectivity index (χ0) is 16.0. The van der Waals surface area contributed by atoms with Gasteiger partial charge in [0.05, 0.1) is 11.4 Å². The van der Waals surface area contributed by atoms with Crippen molar-refractivity contribution in [2.24, 2.45) is 5.92 Å². The molecule has 23 heavy (non-hydrogen) atoms. The first kappa shape index (κ1) is 15.0. The van der Waals surface area contributed by atoms with E-state index in [1.165, 1.54) is 6.42 Å². The van der Waals surface area contributed by atoms with Crippen LogP contribution in [0.3, 0.4) is 0 Å². The molecule has 2 atom stereocenters. The fourth-order valence-corrected chi connectivity index (χ4v) is 4.72. The second-order valence-corrected chi connectivity index (χ2v) is 8.61. The highest BCUT2D eigenvalue weighted by atomic mass is 32.2. The molecule has 5 heteroatoms. The van der Waals surface area contributed by atoms with Crippen LogP contribution in [0.4, 0.5) is 0 Å². The fraction of sp³-hybridized carbons (Fsp3) is 0.444. The molecular formula is C18H21NO3S. The molecule has 0 saturated heterocycles. The molecule has 2 saturated carbocycles. The van der Waals surface area contributed by atoms with Gasteiger partial charge in [0, 0.05) is 12.0 Å². The van der Waals surface area contributed by atoms with Gasteiger partial charge in [-0.2, -0.15) is 4.31 Å². The van der Waals surface area contributed by atoms with Crippen LogP contribution in [0, 0.1) is 5.92 Å². The van der Waals surface area contributed by atoms with Crippen molar-refractivity contribution in [2.45, 2.75) is 49.6 Å². The van der Waals surface area contributed by atoms with Crippen molar-refractivity contribution in [2.75, 3.05) is 0 Å². The highest BCUT2D eigenvalue weighted by Crippen LogP contribution is 2.47. The van der Waals surface area contributed by atoms with E-state index in [1.54, 1.807) is 28.6 Å². The van der Waals surface area contributed by atoms with Crippen LogP contribution in [0.2, 0.25) is 0 Å². The molecule has 2 aromatic rings. The van der Waals surface area contributed by atoms with Crippen LogP contribution in [0.25, 0.3) is 0 Å². The van der Waals surface area contributed by atoms with Gasteiger partial charge in [0.15, 0.2) is 0 Å². The molecule has 2 aliphatic rings. The Kier molecular flexibility index (Phi) is 3.58. The Balaban J connectivity index is 1.58. The van der Waals surface area contributed by atoms with Crippen molar-refractivity contribution in [3.8, 4) is 0 Å². The van der Waals surface area contributed by atoms with E-state index in [4.69, 9.17) is 4.42 Å². The average molecular weight is 331 g/mol. The standard InChI is InChI=1S/C18H21NO3S/c1-13-11-17(13)18-10-9-15(22-18)12-19(14-7-8-14)23(20,21)16-5-3-2-4-6-16/h2-6,9-10,13-14,17H,7-8,11-12H2,1H3/t13-,17+/m1/s1. The Bertz CT molecular complexity index is 793. The maximum absolute atomic E-state index is 12.9. The highest BCUT2D eigenvalue weighted by molar-refractivity contribution is 7.89. The SMILES string of the molecule is C[C@@H]1C[C@@H]1c1ccc(CN(C2CC2)S(=O)(=O)c2ccccc2)o1. The summed E-state index contributed by atoms with van der Waals surface area (Å²) in [5, 5.41) is 0. The second-order valence-electron chi connectivity index (χ2n) is 6.72. The van der Waals surface area contributed by atoms with Gasteiger partial charge in [-0.05, 0) is 49.4 Å². The predicted molar refractivity (Wildman–Crippen MR) is 87.4 cm³/mol. The van der Waals surface area contributed by atoms with Crippen molar-refractivity contribution >= 4 is 10.0 Å². The lowest BCUT2D eigenvalue weighted by molar-refractivity contribution is 0.347. The predicted octanol–water partition coefficient (Wildman–Crippen LogP) is 3.76. The summed E-state index contributed by atoms with van der Waals surface area (Å²) in [4.78, 5) is 0.356. The van der Waals surface area contributed by atoms with Gasteiger partial charge < -0.3 is 4.42 Å². The third-order valence-electron chi connectivity index (χ3n) is 4.77. The second kappa shape index (κ2) is 5.49. The summed E-state index contributed by atoms with van der Waals surface area (Å²) in [6.45, 7) is 2.53. The summed E-state index contributed by atoms with van der Waals surface area (Å²) < 4.78 is 33.3. The minimum Gasteiger partial charge on any atom is -0.464 e. The molecule has 2 aliphatic carbocycles.